The number of hydrogen-bond acceptors (Lipinski definition) is 3. The third kappa shape index (κ3) is 4.21. The SMILES string of the molecule is Cc1cc(F)cc(NC(=O)N2CCC[C@@H](C(=O)c3ccccn3)C2)c1. The van der Waals surface area contributed by atoms with Crippen molar-refractivity contribution in [3.05, 3.63) is 59.7 Å². The average molecular weight is 341 g/mol. The van der Waals surface area contributed by atoms with Gasteiger partial charge in [-0.3, -0.25) is 9.78 Å². The van der Waals surface area contributed by atoms with Crippen LogP contribution in [-0.4, -0.2) is 34.8 Å². The number of amides is 2. The van der Waals surface area contributed by atoms with Gasteiger partial charge in [0, 0.05) is 30.9 Å². The summed E-state index contributed by atoms with van der Waals surface area (Å²) in [5, 5.41) is 2.71. The van der Waals surface area contributed by atoms with E-state index in [0.29, 0.717) is 24.5 Å². The molecule has 0 unspecified atom stereocenters. The monoisotopic (exact) mass is 341 g/mol. The third-order valence-electron chi connectivity index (χ3n) is 4.29. The van der Waals surface area contributed by atoms with Crippen LogP contribution in [0, 0.1) is 18.7 Å². The Morgan fingerprint density at radius 3 is 2.84 bits per heavy atom. The zero-order valence-electron chi connectivity index (χ0n) is 14.0. The largest absolute Gasteiger partial charge is 0.324 e. The van der Waals surface area contributed by atoms with Crippen LogP contribution < -0.4 is 5.32 Å². The van der Waals surface area contributed by atoms with Crippen LogP contribution in [0.1, 0.15) is 28.9 Å². The number of aromatic nitrogens is 1. The summed E-state index contributed by atoms with van der Waals surface area (Å²) in [7, 11) is 0. The lowest BCUT2D eigenvalue weighted by molar-refractivity contribution is 0.0846. The number of rotatable bonds is 3. The summed E-state index contributed by atoms with van der Waals surface area (Å²) in [6.07, 6.45) is 3.07. The molecule has 2 amide bonds. The van der Waals surface area contributed by atoms with Crippen molar-refractivity contribution in [2.75, 3.05) is 18.4 Å². The lowest BCUT2D eigenvalue weighted by Crippen LogP contribution is -2.44. The Labute approximate surface area is 145 Å². The number of ketones is 1. The number of anilines is 1. The molecule has 1 aromatic carbocycles. The van der Waals surface area contributed by atoms with E-state index in [-0.39, 0.29) is 17.7 Å². The molecule has 1 N–H and O–H groups in total. The molecular formula is C19H20FN3O2. The highest BCUT2D eigenvalue weighted by Gasteiger charge is 2.29. The van der Waals surface area contributed by atoms with Gasteiger partial charge in [-0.05, 0) is 55.7 Å². The van der Waals surface area contributed by atoms with Crippen molar-refractivity contribution in [3.8, 4) is 0 Å². The molecule has 5 nitrogen and oxygen atoms in total. The van der Waals surface area contributed by atoms with Gasteiger partial charge in [0.05, 0.1) is 0 Å². The van der Waals surface area contributed by atoms with E-state index in [0.717, 1.165) is 18.4 Å². The maximum atomic E-state index is 13.5. The summed E-state index contributed by atoms with van der Waals surface area (Å²) in [5.41, 5.74) is 1.58. The highest BCUT2D eigenvalue weighted by atomic mass is 19.1. The summed E-state index contributed by atoms with van der Waals surface area (Å²) in [6.45, 7) is 2.68. The second-order valence-corrected chi connectivity index (χ2v) is 6.31. The number of urea groups is 1. The Bertz CT molecular complexity index is 759. The summed E-state index contributed by atoms with van der Waals surface area (Å²) in [6, 6.07) is 9.31. The van der Waals surface area contributed by atoms with Gasteiger partial charge in [0.25, 0.3) is 0 Å². The van der Waals surface area contributed by atoms with E-state index < -0.39 is 5.82 Å². The maximum Gasteiger partial charge on any atom is 0.321 e. The van der Waals surface area contributed by atoms with Crippen LogP contribution in [0.5, 0.6) is 0 Å². The van der Waals surface area contributed by atoms with Crippen LogP contribution in [0.4, 0.5) is 14.9 Å². The highest BCUT2D eigenvalue weighted by molar-refractivity contribution is 5.97. The van der Waals surface area contributed by atoms with Gasteiger partial charge in [0.1, 0.15) is 11.5 Å². The molecule has 0 radical (unpaired) electrons. The van der Waals surface area contributed by atoms with Crippen molar-refractivity contribution in [1.82, 2.24) is 9.88 Å². The minimum absolute atomic E-state index is 0.0419. The fourth-order valence-electron chi connectivity index (χ4n) is 3.10. The average Bonchev–Trinajstić information content (AvgIpc) is 2.61. The van der Waals surface area contributed by atoms with Crippen LogP contribution in [0.25, 0.3) is 0 Å². The van der Waals surface area contributed by atoms with Crippen molar-refractivity contribution >= 4 is 17.5 Å². The highest BCUT2D eigenvalue weighted by Crippen LogP contribution is 2.21. The molecule has 1 atom stereocenters. The van der Waals surface area contributed by atoms with E-state index >= 15 is 0 Å². The molecule has 1 fully saturated rings. The Hall–Kier alpha value is -2.76. The topological polar surface area (TPSA) is 62.3 Å². The minimum atomic E-state index is -0.392. The van der Waals surface area contributed by atoms with Crippen molar-refractivity contribution in [1.29, 1.82) is 0 Å². The molecule has 130 valence electrons. The minimum Gasteiger partial charge on any atom is -0.324 e. The molecule has 6 heteroatoms. The van der Waals surface area contributed by atoms with Gasteiger partial charge in [0.2, 0.25) is 0 Å². The standard InChI is InChI=1S/C19H20FN3O2/c1-13-9-15(20)11-16(10-13)22-19(25)23-8-4-5-14(12-23)18(24)17-6-2-3-7-21-17/h2-3,6-7,9-11,14H,4-5,8,12H2,1H3,(H,22,25)/t14-/m1/s1. The lowest BCUT2D eigenvalue weighted by Gasteiger charge is -2.32. The first-order chi connectivity index (χ1) is 12.0. The zero-order valence-corrected chi connectivity index (χ0v) is 14.0. The number of hydrogen-bond donors (Lipinski definition) is 1. The number of benzene rings is 1. The van der Waals surface area contributed by atoms with Crippen LogP contribution in [0.3, 0.4) is 0 Å². The second kappa shape index (κ2) is 7.42. The molecule has 3 rings (SSSR count). The molecular weight excluding hydrogens is 321 g/mol. The number of carbonyl (C=O) groups is 2. The molecule has 0 aliphatic carbocycles. The number of nitrogens with zero attached hydrogens (tertiary/aromatic N) is 2. The number of aryl methyl sites for hydroxylation is 1. The second-order valence-electron chi connectivity index (χ2n) is 6.31. The fraction of sp³-hybridized carbons (Fsp3) is 0.316. The smallest absolute Gasteiger partial charge is 0.321 e. The predicted molar refractivity (Wildman–Crippen MR) is 93.0 cm³/mol. The number of nitrogens with one attached hydrogen (secondary N) is 1. The van der Waals surface area contributed by atoms with Gasteiger partial charge in [0.15, 0.2) is 5.78 Å². The number of likely N-dealkylation sites (tertiary alicyclic amines) is 1. The first kappa shape index (κ1) is 17.1. The van der Waals surface area contributed by atoms with Gasteiger partial charge in [-0.1, -0.05) is 6.07 Å². The first-order valence-corrected chi connectivity index (χ1v) is 8.31. The Kier molecular flexibility index (Phi) is 5.07. The first-order valence-electron chi connectivity index (χ1n) is 8.31. The number of pyridine rings is 1. The van der Waals surface area contributed by atoms with E-state index in [1.165, 1.54) is 12.1 Å². The summed E-state index contributed by atoms with van der Waals surface area (Å²) >= 11 is 0. The van der Waals surface area contributed by atoms with Crippen molar-refractivity contribution in [3.63, 3.8) is 0 Å². The Morgan fingerprint density at radius 1 is 1.28 bits per heavy atom. The van der Waals surface area contributed by atoms with E-state index in [2.05, 4.69) is 10.3 Å². The van der Waals surface area contributed by atoms with E-state index in [9.17, 15) is 14.0 Å². The molecule has 0 spiro atoms. The molecule has 0 bridgehead atoms. The maximum absolute atomic E-state index is 13.5. The van der Waals surface area contributed by atoms with Gasteiger partial charge >= 0.3 is 6.03 Å². The molecule has 1 aromatic heterocycles. The normalized spacial score (nSPS) is 17.2. The van der Waals surface area contributed by atoms with Crippen molar-refractivity contribution in [2.45, 2.75) is 19.8 Å². The Balaban J connectivity index is 1.66. The molecule has 0 saturated carbocycles. The van der Waals surface area contributed by atoms with Crippen LogP contribution >= 0.6 is 0 Å². The van der Waals surface area contributed by atoms with Crippen LogP contribution in [0.15, 0.2) is 42.6 Å². The van der Waals surface area contributed by atoms with Crippen molar-refractivity contribution < 1.29 is 14.0 Å². The number of piperidine rings is 1. The molecule has 1 aliphatic rings. The molecule has 2 heterocycles. The Morgan fingerprint density at radius 2 is 2.12 bits per heavy atom. The van der Waals surface area contributed by atoms with Gasteiger partial charge < -0.3 is 10.2 Å². The number of carbonyl (C=O) groups excluding carboxylic acids is 2. The summed E-state index contributed by atoms with van der Waals surface area (Å²) in [4.78, 5) is 30.7. The fourth-order valence-corrected chi connectivity index (χ4v) is 3.10. The lowest BCUT2D eigenvalue weighted by atomic mass is 9.92. The van der Waals surface area contributed by atoms with Crippen LogP contribution in [0.2, 0.25) is 0 Å². The molecule has 25 heavy (non-hydrogen) atoms. The third-order valence-corrected chi connectivity index (χ3v) is 4.29. The predicted octanol–water partition coefficient (Wildman–Crippen LogP) is 3.66. The summed E-state index contributed by atoms with van der Waals surface area (Å²) in [5.74, 6) is -0.694. The van der Waals surface area contributed by atoms with Gasteiger partial charge in [-0.2, -0.15) is 0 Å². The molecule has 2 aromatic rings. The summed E-state index contributed by atoms with van der Waals surface area (Å²) < 4.78 is 13.5. The van der Waals surface area contributed by atoms with E-state index in [1.54, 1.807) is 42.3 Å². The van der Waals surface area contributed by atoms with Gasteiger partial charge in [-0.25, -0.2) is 9.18 Å². The molecule has 1 aliphatic heterocycles. The van der Waals surface area contributed by atoms with Gasteiger partial charge in [-0.15, -0.1) is 0 Å². The number of Topliss-reactive ketones (excluding diaryl/α,β-unsaturated/α-hetero) is 1. The van der Waals surface area contributed by atoms with Crippen LogP contribution in [-0.2, 0) is 0 Å². The quantitative estimate of drug-likeness (QED) is 0.867. The van der Waals surface area contributed by atoms with Crippen molar-refractivity contribution in [2.24, 2.45) is 5.92 Å². The van der Waals surface area contributed by atoms with E-state index in [1.807, 2.05) is 0 Å². The van der Waals surface area contributed by atoms with E-state index in [4.69, 9.17) is 0 Å². The molecule has 1 saturated heterocycles. The zero-order chi connectivity index (χ0) is 17.8. The number of halogens is 1.